The van der Waals surface area contributed by atoms with Crippen LogP contribution in [0.1, 0.15) is 114 Å². The second-order valence-electron chi connectivity index (χ2n) is 14.4. The van der Waals surface area contributed by atoms with Gasteiger partial charge in [-0.25, -0.2) is 0 Å². The molecule has 0 amide bonds. The first-order valence-corrected chi connectivity index (χ1v) is 16.7. The first kappa shape index (κ1) is 36.1. The lowest BCUT2D eigenvalue weighted by Gasteiger charge is -2.57. The summed E-state index contributed by atoms with van der Waals surface area (Å²) in [6, 6.07) is 0. The van der Waals surface area contributed by atoms with E-state index in [0.717, 1.165) is 0 Å². The number of esters is 4. The van der Waals surface area contributed by atoms with Crippen molar-refractivity contribution in [1.82, 2.24) is 0 Å². The van der Waals surface area contributed by atoms with Crippen molar-refractivity contribution in [1.29, 1.82) is 0 Å². The van der Waals surface area contributed by atoms with Crippen LogP contribution in [0.2, 0.25) is 0 Å². The Morgan fingerprint density at radius 1 is 0.909 bits per heavy atom. The van der Waals surface area contributed by atoms with E-state index in [1.807, 2.05) is 41.5 Å². The second-order valence-corrected chi connectivity index (χ2v) is 14.4. The molecule has 0 aromatic rings. The van der Waals surface area contributed by atoms with E-state index in [0.29, 0.717) is 44.1 Å². The number of carbonyl (C=O) groups is 4. The third-order valence-electron chi connectivity index (χ3n) is 10.7. The molecule has 0 bridgehead atoms. The van der Waals surface area contributed by atoms with Crippen LogP contribution < -0.4 is 0 Å². The fourth-order valence-corrected chi connectivity index (χ4v) is 8.25. The number of hydrogen-bond acceptors (Lipinski definition) is 9. The Kier molecular flexibility index (Phi) is 11.8. The zero-order chi connectivity index (χ0) is 33.1. The van der Waals surface area contributed by atoms with Crippen LogP contribution in [-0.4, -0.2) is 59.5 Å². The number of fused-ring (bicyclic) bond motifs is 3. The van der Waals surface area contributed by atoms with Crippen molar-refractivity contribution in [2.45, 2.75) is 145 Å². The van der Waals surface area contributed by atoms with Crippen LogP contribution >= 0.6 is 0 Å². The van der Waals surface area contributed by atoms with Gasteiger partial charge in [0.15, 0.2) is 6.10 Å². The van der Waals surface area contributed by atoms with Crippen LogP contribution in [-0.2, 0) is 38.1 Å². The molecule has 0 heterocycles. The Morgan fingerprint density at radius 2 is 1.50 bits per heavy atom. The molecule has 0 aromatic carbocycles. The summed E-state index contributed by atoms with van der Waals surface area (Å²) in [6.07, 6.45) is 0.884. The van der Waals surface area contributed by atoms with Crippen molar-refractivity contribution in [3.05, 3.63) is 11.6 Å². The van der Waals surface area contributed by atoms with Gasteiger partial charge in [-0.15, -0.1) is 0 Å². The maximum Gasteiger partial charge on any atom is 0.308 e. The average Bonchev–Trinajstić information content (AvgIpc) is 3.21. The number of hydrogen-bond donors (Lipinski definition) is 1. The molecular formula is C35H56O9. The smallest absolute Gasteiger partial charge is 0.308 e. The van der Waals surface area contributed by atoms with E-state index in [-0.39, 0.29) is 47.9 Å². The SMILES string of the molecule is CCCC(=O)O[C@H]1C[C@]2(C)[C@@H]([C@H]1C(C)C)[C@@H]1C=C(C)[C@H](O)[C@H](OC(C)=O)[C@@H](OC(=O)CCC)[C@]1(C)C[C@@H]2OC(=O)[C@@H](C)CC. The van der Waals surface area contributed by atoms with Crippen LogP contribution in [0.4, 0.5) is 0 Å². The Hall–Kier alpha value is -2.42. The highest BCUT2D eigenvalue weighted by Gasteiger charge is 2.69. The number of rotatable bonds is 11. The van der Waals surface area contributed by atoms with E-state index in [2.05, 4.69) is 26.8 Å². The summed E-state index contributed by atoms with van der Waals surface area (Å²) in [7, 11) is 0. The van der Waals surface area contributed by atoms with Crippen molar-refractivity contribution < 1.29 is 43.2 Å². The summed E-state index contributed by atoms with van der Waals surface area (Å²) in [5, 5.41) is 11.6. The molecule has 44 heavy (non-hydrogen) atoms. The second kappa shape index (κ2) is 14.3. The van der Waals surface area contributed by atoms with Crippen molar-refractivity contribution >= 4 is 23.9 Å². The molecule has 3 aliphatic carbocycles. The van der Waals surface area contributed by atoms with Crippen molar-refractivity contribution in [3.63, 3.8) is 0 Å². The van der Waals surface area contributed by atoms with Gasteiger partial charge in [0.25, 0.3) is 0 Å². The maximum atomic E-state index is 13.4. The van der Waals surface area contributed by atoms with E-state index < -0.39 is 53.3 Å². The minimum absolute atomic E-state index is 0.0989. The Labute approximate surface area is 263 Å². The summed E-state index contributed by atoms with van der Waals surface area (Å²) < 4.78 is 24.6. The summed E-state index contributed by atoms with van der Waals surface area (Å²) in [6.45, 7) is 19.0. The third-order valence-corrected chi connectivity index (χ3v) is 10.7. The van der Waals surface area contributed by atoms with E-state index in [4.69, 9.17) is 18.9 Å². The highest BCUT2D eigenvalue weighted by molar-refractivity contribution is 5.72. The number of aliphatic hydroxyl groups excluding tert-OH is 1. The molecule has 0 unspecified atom stereocenters. The largest absolute Gasteiger partial charge is 0.462 e. The molecule has 3 rings (SSSR count). The normalized spacial score (nSPS) is 37.1. The third kappa shape index (κ3) is 7.02. The molecule has 2 saturated carbocycles. The average molecular weight is 621 g/mol. The summed E-state index contributed by atoms with van der Waals surface area (Å²) in [4.78, 5) is 51.8. The molecule has 0 aliphatic heterocycles. The van der Waals surface area contributed by atoms with Crippen LogP contribution in [0.25, 0.3) is 0 Å². The van der Waals surface area contributed by atoms with Crippen LogP contribution in [0.15, 0.2) is 11.6 Å². The summed E-state index contributed by atoms with van der Waals surface area (Å²) in [5.41, 5.74) is -0.865. The molecule has 0 saturated heterocycles. The fraction of sp³-hybridized carbons (Fsp3) is 0.829. The van der Waals surface area contributed by atoms with E-state index >= 15 is 0 Å². The van der Waals surface area contributed by atoms with Gasteiger partial charge in [0, 0.05) is 36.5 Å². The van der Waals surface area contributed by atoms with Crippen LogP contribution in [0.3, 0.4) is 0 Å². The van der Waals surface area contributed by atoms with Crippen molar-refractivity contribution in [2.75, 3.05) is 0 Å². The van der Waals surface area contributed by atoms with Crippen LogP contribution in [0, 0.1) is 40.4 Å². The zero-order valence-electron chi connectivity index (χ0n) is 28.5. The number of carbonyl (C=O) groups excluding carboxylic acids is 4. The highest BCUT2D eigenvalue weighted by Crippen LogP contribution is 2.67. The molecule has 0 aromatic heterocycles. The molecule has 0 radical (unpaired) electrons. The maximum absolute atomic E-state index is 13.4. The van der Waals surface area contributed by atoms with E-state index in [1.165, 1.54) is 6.92 Å². The molecule has 9 heteroatoms. The predicted molar refractivity (Wildman–Crippen MR) is 165 cm³/mol. The molecule has 2 fully saturated rings. The molecule has 250 valence electrons. The minimum atomic E-state index is -1.20. The first-order chi connectivity index (χ1) is 20.5. The zero-order valence-corrected chi connectivity index (χ0v) is 28.5. The van der Waals surface area contributed by atoms with Gasteiger partial charge in [-0.2, -0.15) is 0 Å². The Balaban J connectivity index is 2.28. The first-order valence-electron chi connectivity index (χ1n) is 16.7. The lowest BCUT2D eigenvalue weighted by atomic mass is 9.49. The standard InChI is InChI=1S/C35H56O9/c1-11-14-26(37)42-24-17-35(10)25(43-33(40)20(6)13-3)18-34(9)23(29(35)28(24)19(4)5)16-21(7)30(39)31(41-22(8)36)32(34)44-27(38)15-12-2/h16,19-20,23-25,28-32,39H,11-15,17-18H2,1-10H3/t20-,23-,24-,25-,28-,29+,30-,31-,32+,34+,35-/m0/s1. The summed E-state index contributed by atoms with van der Waals surface area (Å²) >= 11 is 0. The number of ether oxygens (including phenoxy) is 4. The van der Waals surface area contributed by atoms with Crippen molar-refractivity contribution in [3.8, 4) is 0 Å². The van der Waals surface area contributed by atoms with Gasteiger partial charge >= 0.3 is 23.9 Å². The number of aliphatic hydroxyl groups is 1. The van der Waals surface area contributed by atoms with Gasteiger partial charge in [-0.05, 0) is 62.4 Å². The number of allylic oxidation sites excluding steroid dienone is 1. The van der Waals surface area contributed by atoms with Crippen LogP contribution in [0.5, 0.6) is 0 Å². The topological polar surface area (TPSA) is 125 Å². The van der Waals surface area contributed by atoms with E-state index in [1.54, 1.807) is 0 Å². The van der Waals surface area contributed by atoms with Gasteiger partial charge in [-0.3, -0.25) is 19.2 Å². The predicted octanol–water partition coefficient (Wildman–Crippen LogP) is 5.95. The molecular weight excluding hydrogens is 564 g/mol. The van der Waals surface area contributed by atoms with Gasteiger partial charge in [0.05, 0.1) is 5.92 Å². The Bertz CT molecular complexity index is 1100. The molecule has 11 atom stereocenters. The quantitative estimate of drug-likeness (QED) is 0.170. The van der Waals surface area contributed by atoms with Gasteiger partial charge in [-0.1, -0.05) is 61.5 Å². The molecule has 1 N–H and O–H groups in total. The minimum Gasteiger partial charge on any atom is -0.462 e. The highest BCUT2D eigenvalue weighted by atomic mass is 16.6. The van der Waals surface area contributed by atoms with Crippen molar-refractivity contribution in [2.24, 2.45) is 40.4 Å². The van der Waals surface area contributed by atoms with Gasteiger partial charge < -0.3 is 24.1 Å². The molecule has 3 aliphatic rings. The van der Waals surface area contributed by atoms with E-state index in [9.17, 15) is 24.3 Å². The summed E-state index contributed by atoms with van der Waals surface area (Å²) in [5.74, 6) is -2.34. The lowest BCUT2D eigenvalue weighted by molar-refractivity contribution is -0.216. The molecule has 9 nitrogen and oxygen atoms in total. The molecule has 0 spiro atoms. The fourth-order valence-electron chi connectivity index (χ4n) is 8.25. The van der Waals surface area contributed by atoms with Gasteiger partial charge in [0.2, 0.25) is 0 Å². The Morgan fingerprint density at radius 3 is 2.02 bits per heavy atom. The lowest BCUT2D eigenvalue weighted by Crippen LogP contribution is -2.61. The monoisotopic (exact) mass is 620 g/mol. The van der Waals surface area contributed by atoms with Gasteiger partial charge in [0.1, 0.15) is 24.4 Å².